The molecule has 2 nitrogen and oxygen atoms in total. The molecule has 0 atom stereocenters. The monoisotopic (exact) mass is 258 g/mol. The average Bonchev–Trinajstić information content (AvgIpc) is 2.31. The maximum Gasteiger partial charge on any atom is 0.418 e. The Morgan fingerprint density at radius 3 is 2.39 bits per heavy atom. The van der Waals surface area contributed by atoms with Crippen molar-refractivity contribution in [3.05, 3.63) is 29.3 Å². The Kier molecular flexibility index (Phi) is 3.80. The third kappa shape index (κ3) is 3.16. The fourth-order valence-corrected chi connectivity index (χ4v) is 2.32. The van der Waals surface area contributed by atoms with Gasteiger partial charge in [0.2, 0.25) is 0 Å². The number of nitrogen functional groups attached to an aromatic ring is 1. The Hall–Kier alpha value is -1.23. The number of rotatable bonds is 2. The zero-order valence-electron chi connectivity index (χ0n) is 10.1. The lowest BCUT2D eigenvalue weighted by atomic mass is 10.1. The van der Waals surface area contributed by atoms with Crippen LogP contribution in [0.15, 0.2) is 18.2 Å². The number of benzene rings is 1. The van der Waals surface area contributed by atoms with E-state index < -0.39 is 11.7 Å². The molecule has 0 spiro atoms. The molecule has 0 bridgehead atoms. The highest BCUT2D eigenvalue weighted by atomic mass is 19.4. The molecule has 100 valence electrons. The van der Waals surface area contributed by atoms with Gasteiger partial charge in [-0.3, -0.25) is 4.90 Å². The highest BCUT2D eigenvalue weighted by Crippen LogP contribution is 2.34. The van der Waals surface area contributed by atoms with Crippen molar-refractivity contribution in [2.24, 2.45) is 0 Å². The van der Waals surface area contributed by atoms with Gasteiger partial charge in [0.15, 0.2) is 0 Å². The van der Waals surface area contributed by atoms with Crippen LogP contribution in [0.5, 0.6) is 0 Å². The van der Waals surface area contributed by atoms with Crippen LogP contribution in [0.4, 0.5) is 18.9 Å². The fourth-order valence-electron chi connectivity index (χ4n) is 2.32. The van der Waals surface area contributed by atoms with Crippen molar-refractivity contribution in [3.63, 3.8) is 0 Å². The summed E-state index contributed by atoms with van der Waals surface area (Å²) in [6.07, 6.45) is -0.907. The third-order valence-electron chi connectivity index (χ3n) is 3.28. The van der Waals surface area contributed by atoms with Gasteiger partial charge < -0.3 is 5.73 Å². The van der Waals surface area contributed by atoms with Gasteiger partial charge in [0.25, 0.3) is 0 Å². The quantitative estimate of drug-likeness (QED) is 0.825. The number of likely N-dealkylation sites (tertiary alicyclic amines) is 1. The molecule has 2 rings (SSSR count). The molecule has 1 heterocycles. The van der Waals surface area contributed by atoms with E-state index in [1.165, 1.54) is 18.6 Å². The van der Waals surface area contributed by atoms with Crippen molar-refractivity contribution in [1.29, 1.82) is 0 Å². The van der Waals surface area contributed by atoms with Crippen LogP contribution in [0, 0.1) is 0 Å². The fraction of sp³-hybridized carbons (Fsp3) is 0.538. The first-order chi connectivity index (χ1) is 8.47. The van der Waals surface area contributed by atoms with E-state index >= 15 is 0 Å². The first-order valence-corrected chi connectivity index (χ1v) is 6.15. The molecule has 0 aromatic heterocycles. The molecular weight excluding hydrogens is 241 g/mol. The second-order valence-electron chi connectivity index (χ2n) is 4.76. The number of halogens is 3. The lowest BCUT2D eigenvalue weighted by Crippen LogP contribution is -2.29. The zero-order chi connectivity index (χ0) is 13.2. The van der Waals surface area contributed by atoms with Crippen LogP contribution >= 0.6 is 0 Å². The highest BCUT2D eigenvalue weighted by molar-refractivity contribution is 5.50. The molecule has 0 amide bonds. The molecule has 1 aliphatic rings. The summed E-state index contributed by atoms with van der Waals surface area (Å²) in [7, 11) is 0. The molecule has 0 radical (unpaired) electrons. The van der Waals surface area contributed by atoms with E-state index in [0.717, 1.165) is 25.9 Å². The minimum absolute atomic E-state index is 0.204. The highest BCUT2D eigenvalue weighted by Gasteiger charge is 2.33. The first kappa shape index (κ1) is 13.2. The van der Waals surface area contributed by atoms with Gasteiger partial charge in [0.1, 0.15) is 0 Å². The van der Waals surface area contributed by atoms with Gasteiger partial charge >= 0.3 is 6.18 Å². The van der Waals surface area contributed by atoms with E-state index in [1.54, 1.807) is 6.07 Å². The topological polar surface area (TPSA) is 29.3 Å². The largest absolute Gasteiger partial charge is 0.418 e. The molecule has 1 saturated heterocycles. The van der Waals surface area contributed by atoms with E-state index in [2.05, 4.69) is 4.90 Å². The smallest absolute Gasteiger partial charge is 0.398 e. The average molecular weight is 258 g/mol. The number of hydrogen-bond acceptors (Lipinski definition) is 2. The molecule has 1 aromatic carbocycles. The second-order valence-corrected chi connectivity index (χ2v) is 4.76. The Bertz CT molecular complexity index is 409. The molecule has 0 aliphatic carbocycles. The minimum Gasteiger partial charge on any atom is -0.398 e. The summed E-state index contributed by atoms with van der Waals surface area (Å²) in [4.78, 5) is 2.19. The number of nitrogens with two attached hydrogens (primary N) is 1. The molecule has 0 saturated carbocycles. The van der Waals surface area contributed by atoms with Crippen LogP contribution in [0.3, 0.4) is 0 Å². The predicted molar refractivity (Wildman–Crippen MR) is 65.0 cm³/mol. The van der Waals surface area contributed by atoms with Crippen LogP contribution in [0.25, 0.3) is 0 Å². The van der Waals surface area contributed by atoms with Crippen LogP contribution in [0.1, 0.15) is 30.4 Å². The summed E-state index contributed by atoms with van der Waals surface area (Å²) >= 11 is 0. The summed E-state index contributed by atoms with van der Waals surface area (Å²) in [5.74, 6) is 0. The van der Waals surface area contributed by atoms with Crippen LogP contribution < -0.4 is 5.73 Å². The van der Waals surface area contributed by atoms with Crippen molar-refractivity contribution in [2.45, 2.75) is 32.0 Å². The number of hydrogen-bond donors (Lipinski definition) is 1. The van der Waals surface area contributed by atoms with E-state index in [-0.39, 0.29) is 5.69 Å². The standard InChI is InChI=1S/C13H17F3N2/c14-13(15,16)11-8-10(4-5-12(11)17)9-18-6-2-1-3-7-18/h4-5,8H,1-3,6-7,9,17H2. The van der Waals surface area contributed by atoms with E-state index in [9.17, 15) is 13.2 Å². The van der Waals surface area contributed by atoms with Gasteiger partial charge in [0, 0.05) is 12.2 Å². The minimum atomic E-state index is -4.37. The van der Waals surface area contributed by atoms with E-state index in [4.69, 9.17) is 5.73 Å². The molecule has 1 aromatic rings. The van der Waals surface area contributed by atoms with Gasteiger partial charge in [-0.05, 0) is 43.6 Å². The van der Waals surface area contributed by atoms with Crippen molar-refractivity contribution in [3.8, 4) is 0 Å². The summed E-state index contributed by atoms with van der Waals surface area (Å²) < 4.78 is 38.1. The third-order valence-corrected chi connectivity index (χ3v) is 3.28. The summed E-state index contributed by atoms with van der Waals surface area (Å²) in [6.45, 7) is 2.50. The number of alkyl halides is 3. The first-order valence-electron chi connectivity index (χ1n) is 6.15. The molecule has 0 unspecified atom stereocenters. The van der Waals surface area contributed by atoms with Gasteiger partial charge in [0.05, 0.1) is 5.56 Å². The summed E-state index contributed by atoms with van der Waals surface area (Å²) in [6, 6.07) is 4.20. The predicted octanol–water partition coefficient (Wildman–Crippen LogP) is 3.27. The Morgan fingerprint density at radius 2 is 1.78 bits per heavy atom. The molecule has 18 heavy (non-hydrogen) atoms. The van der Waals surface area contributed by atoms with Crippen molar-refractivity contribution in [1.82, 2.24) is 4.90 Å². The lowest BCUT2D eigenvalue weighted by molar-refractivity contribution is -0.137. The van der Waals surface area contributed by atoms with Gasteiger partial charge in [-0.25, -0.2) is 0 Å². The van der Waals surface area contributed by atoms with Gasteiger partial charge in [-0.2, -0.15) is 13.2 Å². The summed E-state index contributed by atoms with van der Waals surface area (Å²) in [5, 5.41) is 0. The molecular formula is C13H17F3N2. The molecule has 2 N–H and O–H groups in total. The Labute approximate surface area is 105 Å². The second kappa shape index (κ2) is 5.18. The number of piperidine rings is 1. The van der Waals surface area contributed by atoms with Crippen LogP contribution in [-0.2, 0) is 12.7 Å². The lowest BCUT2D eigenvalue weighted by Gasteiger charge is -2.26. The van der Waals surface area contributed by atoms with Crippen molar-refractivity contribution in [2.75, 3.05) is 18.8 Å². The maximum atomic E-state index is 12.7. The Morgan fingerprint density at radius 1 is 1.11 bits per heavy atom. The molecule has 5 heteroatoms. The SMILES string of the molecule is Nc1ccc(CN2CCCCC2)cc1C(F)(F)F. The summed E-state index contributed by atoms with van der Waals surface area (Å²) in [5.41, 5.74) is 5.13. The van der Waals surface area contributed by atoms with Gasteiger partial charge in [-0.15, -0.1) is 0 Å². The zero-order valence-corrected chi connectivity index (χ0v) is 10.1. The molecule has 1 fully saturated rings. The maximum absolute atomic E-state index is 12.7. The van der Waals surface area contributed by atoms with Gasteiger partial charge in [-0.1, -0.05) is 12.5 Å². The van der Waals surface area contributed by atoms with E-state index in [0.29, 0.717) is 12.1 Å². The number of anilines is 1. The normalized spacial score (nSPS) is 17.9. The van der Waals surface area contributed by atoms with Crippen LogP contribution in [0.2, 0.25) is 0 Å². The van der Waals surface area contributed by atoms with Crippen LogP contribution in [-0.4, -0.2) is 18.0 Å². The van der Waals surface area contributed by atoms with E-state index in [1.807, 2.05) is 0 Å². The Balaban J connectivity index is 2.14. The van der Waals surface area contributed by atoms with Crippen molar-refractivity contribution >= 4 is 5.69 Å². The van der Waals surface area contributed by atoms with Crippen molar-refractivity contribution < 1.29 is 13.2 Å². The number of nitrogens with zero attached hydrogens (tertiary/aromatic N) is 1. The molecule has 1 aliphatic heterocycles.